The van der Waals surface area contributed by atoms with Crippen LogP contribution in [0.1, 0.15) is 63.6 Å². The van der Waals surface area contributed by atoms with Gasteiger partial charge in [-0.2, -0.15) is 0 Å². The van der Waals surface area contributed by atoms with Gasteiger partial charge >= 0.3 is 0 Å². The van der Waals surface area contributed by atoms with E-state index in [4.69, 9.17) is 5.73 Å². The Morgan fingerprint density at radius 2 is 1.71 bits per heavy atom. The summed E-state index contributed by atoms with van der Waals surface area (Å²) in [6.45, 7) is 6.65. The number of carbonyl (C=O) groups excluding carboxylic acids is 1. The van der Waals surface area contributed by atoms with Crippen molar-refractivity contribution in [2.24, 2.45) is 5.73 Å². The normalized spacial score (nSPS) is 27.0. The number of carbonyl (C=O) groups is 1. The van der Waals surface area contributed by atoms with E-state index >= 15 is 0 Å². The Morgan fingerprint density at radius 3 is 2.24 bits per heavy atom. The van der Waals surface area contributed by atoms with E-state index in [0.717, 1.165) is 19.3 Å². The number of benzene rings is 1. The number of rotatable bonds is 2. The summed E-state index contributed by atoms with van der Waals surface area (Å²) in [6, 6.07) is 9.25. The van der Waals surface area contributed by atoms with Gasteiger partial charge in [0.25, 0.3) is 0 Å². The zero-order valence-electron chi connectivity index (χ0n) is 13.3. The fourth-order valence-corrected chi connectivity index (χ4v) is 3.31. The predicted octanol–water partition coefficient (Wildman–Crippen LogP) is 3.14. The molecule has 3 rings (SSSR count). The zero-order chi connectivity index (χ0) is 15.2. The smallest absolute Gasteiger partial charge is 0.223 e. The molecule has 1 saturated carbocycles. The zero-order valence-corrected chi connectivity index (χ0v) is 13.3. The largest absolute Gasteiger partial charge is 0.331 e. The van der Waals surface area contributed by atoms with Crippen LogP contribution in [-0.2, 0) is 10.2 Å². The van der Waals surface area contributed by atoms with Crippen LogP contribution >= 0.6 is 0 Å². The molecule has 2 N–H and O–H groups in total. The van der Waals surface area contributed by atoms with E-state index in [1.54, 1.807) is 0 Å². The maximum Gasteiger partial charge on any atom is 0.223 e. The number of piperidine rings is 1. The van der Waals surface area contributed by atoms with Gasteiger partial charge in [0.15, 0.2) is 0 Å². The molecule has 1 amide bonds. The third-order valence-electron chi connectivity index (χ3n) is 4.74. The molecule has 21 heavy (non-hydrogen) atoms. The highest BCUT2D eigenvalue weighted by atomic mass is 16.2. The quantitative estimate of drug-likeness (QED) is 0.908. The Bertz CT molecular complexity index is 525. The molecule has 1 aliphatic heterocycles. The highest BCUT2D eigenvalue weighted by molar-refractivity contribution is 5.78. The van der Waals surface area contributed by atoms with Crippen molar-refractivity contribution in [3.8, 4) is 0 Å². The average molecular weight is 286 g/mol. The highest BCUT2D eigenvalue weighted by Gasteiger charge is 2.42. The van der Waals surface area contributed by atoms with Gasteiger partial charge in [-0.05, 0) is 35.8 Å². The fourth-order valence-electron chi connectivity index (χ4n) is 3.31. The minimum absolute atomic E-state index is 0.0591. The minimum atomic E-state index is 0.0591. The van der Waals surface area contributed by atoms with Crippen LogP contribution in [-0.4, -0.2) is 22.9 Å². The van der Waals surface area contributed by atoms with E-state index in [-0.39, 0.29) is 23.4 Å². The maximum absolute atomic E-state index is 12.3. The van der Waals surface area contributed by atoms with E-state index in [1.165, 1.54) is 11.1 Å². The Balaban J connectivity index is 1.90. The van der Waals surface area contributed by atoms with Gasteiger partial charge in [0.05, 0.1) is 6.04 Å². The predicted molar refractivity (Wildman–Crippen MR) is 85.0 cm³/mol. The van der Waals surface area contributed by atoms with Crippen molar-refractivity contribution in [1.29, 1.82) is 0 Å². The van der Waals surface area contributed by atoms with E-state index < -0.39 is 0 Å². The summed E-state index contributed by atoms with van der Waals surface area (Å²) in [5.41, 5.74) is 9.02. The second kappa shape index (κ2) is 5.13. The molecule has 2 atom stereocenters. The molecule has 1 aromatic carbocycles. The molecule has 1 heterocycles. The van der Waals surface area contributed by atoms with Crippen molar-refractivity contribution in [1.82, 2.24) is 4.90 Å². The van der Waals surface area contributed by atoms with Gasteiger partial charge in [0.2, 0.25) is 5.91 Å². The van der Waals surface area contributed by atoms with Gasteiger partial charge in [-0.3, -0.25) is 4.79 Å². The lowest BCUT2D eigenvalue weighted by Gasteiger charge is -2.40. The Kier molecular flexibility index (Phi) is 3.56. The summed E-state index contributed by atoms with van der Waals surface area (Å²) >= 11 is 0. The summed E-state index contributed by atoms with van der Waals surface area (Å²) in [4.78, 5) is 14.4. The Morgan fingerprint density at radius 1 is 1.10 bits per heavy atom. The molecule has 3 nitrogen and oxygen atoms in total. The van der Waals surface area contributed by atoms with Crippen molar-refractivity contribution >= 4 is 5.91 Å². The second-order valence-electron chi connectivity index (χ2n) is 7.55. The van der Waals surface area contributed by atoms with Crippen molar-refractivity contribution < 1.29 is 4.79 Å². The molecule has 0 radical (unpaired) electrons. The minimum Gasteiger partial charge on any atom is -0.331 e. The van der Waals surface area contributed by atoms with Crippen molar-refractivity contribution in [2.45, 2.75) is 70.0 Å². The van der Waals surface area contributed by atoms with Crippen molar-refractivity contribution in [3.05, 3.63) is 35.4 Å². The van der Waals surface area contributed by atoms with Crippen LogP contribution < -0.4 is 5.73 Å². The number of nitrogens with two attached hydrogens (primary N) is 1. The summed E-state index contributed by atoms with van der Waals surface area (Å²) in [6.07, 6.45) is 3.67. The standard InChI is InChI=1S/C18H26N2O/c1-18(2,3)13-6-4-12(5-7-13)17-15(19)10-11-16(21)20(17)14-8-9-14/h4-7,14-15,17H,8-11,19H2,1-3H3. The lowest BCUT2D eigenvalue weighted by atomic mass is 9.84. The molecule has 1 aliphatic carbocycles. The summed E-state index contributed by atoms with van der Waals surface area (Å²) in [7, 11) is 0. The Labute approximate surface area is 127 Å². The number of hydrogen-bond acceptors (Lipinski definition) is 2. The van der Waals surface area contributed by atoms with Crippen LogP contribution in [0.3, 0.4) is 0 Å². The molecular formula is C18H26N2O. The van der Waals surface area contributed by atoms with Gasteiger partial charge < -0.3 is 10.6 Å². The first-order valence-electron chi connectivity index (χ1n) is 8.05. The first-order valence-corrected chi connectivity index (χ1v) is 8.05. The molecule has 114 valence electrons. The topological polar surface area (TPSA) is 46.3 Å². The lowest BCUT2D eigenvalue weighted by molar-refractivity contribution is -0.138. The van der Waals surface area contributed by atoms with E-state index in [0.29, 0.717) is 12.5 Å². The SMILES string of the molecule is CC(C)(C)c1ccc(C2C(N)CCC(=O)N2C2CC2)cc1. The van der Waals surface area contributed by atoms with E-state index in [1.807, 2.05) is 0 Å². The third-order valence-corrected chi connectivity index (χ3v) is 4.74. The van der Waals surface area contributed by atoms with Crippen LogP contribution in [0.2, 0.25) is 0 Å². The van der Waals surface area contributed by atoms with Crippen molar-refractivity contribution in [2.75, 3.05) is 0 Å². The van der Waals surface area contributed by atoms with Crippen LogP contribution in [0.15, 0.2) is 24.3 Å². The molecule has 0 bridgehead atoms. The van der Waals surface area contributed by atoms with Crippen LogP contribution in [0.25, 0.3) is 0 Å². The van der Waals surface area contributed by atoms with E-state index in [9.17, 15) is 4.79 Å². The molecule has 0 aromatic heterocycles. The molecule has 3 heteroatoms. The molecule has 1 saturated heterocycles. The number of nitrogens with zero attached hydrogens (tertiary/aromatic N) is 1. The Hall–Kier alpha value is -1.35. The lowest BCUT2D eigenvalue weighted by Crippen LogP contribution is -2.49. The van der Waals surface area contributed by atoms with Gasteiger partial charge in [0.1, 0.15) is 0 Å². The fraction of sp³-hybridized carbons (Fsp3) is 0.611. The monoisotopic (exact) mass is 286 g/mol. The number of hydrogen-bond donors (Lipinski definition) is 1. The maximum atomic E-state index is 12.3. The molecule has 2 fully saturated rings. The van der Waals surface area contributed by atoms with Gasteiger partial charge in [-0.25, -0.2) is 0 Å². The van der Waals surface area contributed by atoms with Crippen LogP contribution in [0.4, 0.5) is 0 Å². The first kappa shape index (κ1) is 14.6. The molecular weight excluding hydrogens is 260 g/mol. The summed E-state index contributed by atoms with van der Waals surface area (Å²) < 4.78 is 0. The van der Waals surface area contributed by atoms with Gasteiger partial charge in [-0.1, -0.05) is 45.0 Å². The molecule has 1 aromatic rings. The molecule has 2 unspecified atom stereocenters. The first-order chi connectivity index (χ1) is 9.88. The second-order valence-corrected chi connectivity index (χ2v) is 7.55. The summed E-state index contributed by atoms with van der Waals surface area (Å²) in [5, 5.41) is 0. The van der Waals surface area contributed by atoms with Crippen LogP contribution in [0.5, 0.6) is 0 Å². The van der Waals surface area contributed by atoms with Gasteiger partial charge in [-0.15, -0.1) is 0 Å². The van der Waals surface area contributed by atoms with E-state index in [2.05, 4.69) is 49.9 Å². The van der Waals surface area contributed by atoms with Crippen LogP contribution in [0, 0.1) is 0 Å². The highest BCUT2D eigenvalue weighted by Crippen LogP contribution is 2.40. The molecule has 0 spiro atoms. The van der Waals surface area contributed by atoms with Gasteiger partial charge in [0, 0.05) is 18.5 Å². The number of amides is 1. The number of likely N-dealkylation sites (tertiary alicyclic amines) is 1. The average Bonchev–Trinajstić information content (AvgIpc) is 3.24. The van der Waals surface area contributed by atoms with Crippen molar-refractivity contribution in [3.63, 3.8) is 0 Å². The third kappa shape index (κ3) is 2.84. The summed E-state index contributed by atoms with van der Waals surface area (Å²) in [5.74, 6) is 0.282. The molecule has 2 aliphatic rings.